The van der Waals surface area contributed by atoms with Crippen LogP contribution in [0.25, 0.3) is 0 Å². The van der Waals surface area contributed by atoms with Gasteiger partial charge >= 0.3 is 6.18 Å². The molecule has 0 aromatic rings. The Morgan fingerprint density at radius 2 is 2.12 bits per heavy atom. The van der Waals surface area contributed by atoms with E-state index in [-0.39, 0.29) is 11.9 Å². The average Bonchev–Trinajstić information content (AvgIpc) is 2.26. The van der Waals surface area contributed by atoms with Crippen LogP contribution in [0.1, 0.15) is 32.1 Å². The van der Waals surface area contributed by atoms with Crippen LogP contribution in [0.2, 0.25) is 0 Å². The molecular formula is C11H19F3N2O. The maximum Gasteiger partial charge on any atom is 0.389 e. The fourth-order valence-corrected chi connectivity index (χ4v) is 2.17. The highest BCUT2D eigenvalue weighted by molar-refractivity contribution is 5.76. The van der Waals surface area contributed by atoms with Crippen LogP contribution < -0.4 is 5.32 Å². The largest absolute Gasteiger partial charge is 0.389 e. The molecule has 17 heavy (non-hydrogen) atoms. The number of halogens is 3. The Hall–Kier alpha value is -0.780. The number of nitrogens with zero attached hydrogens (tertiary/aromatic N) is 1. The first-order valence-corrected chi connectivity index (χ1v) is 5.95. The lowest BCUT2D eigenvalue weighted by molar-refractivity contribution is -0.151. The van der Waals surface area contributed by atoms with Crippen LogP contribution in [0.4, 0.5) is 13.2 Å². The van der Waals surface area contributed by atoms with Gasteiger partial charge in [-0.2, -0.15) is 13.2 Å². The van der Waals surface area contributed by atoms with Crippen molar-refractivity contribution < 1.29 is 18.0 Å². The lowest BCUT2D eigenvalue weighted by Crippen LogP contribution is -2.48. The summed E-state index contributed by atoms with van der Waals surface area (Å²) in [6.45, 7) is 1.24. The van der Waals surface area contributed by atoms with Crippen LogP contribution in [0, 0.1) is 0 Å². The second kappa shape index (κ2) is 6.23. The van der Waals surface area contributed by atoms with Crippen LogP contribution in [0.3, 0.4) is 0 Å². The third kappa shape index (κ3) is 4.93. The molecule has 100 valence electrons. The molecule has 1 heterocycles. The molecule has 6 heteroatoms. The van der Waals surface area contributed by atoms with Gasteiger partial charge in [0.05, 0.1) is 6.42 Å². The Labute approximate surface area is 99.4 Å². The number of likely N-dealkylation sites (N-methyl/N-ethyl adjacent to an activating group) is 1. The summed E-state index contributed by atoms with van der Waals surface area (Å²) >= 11 is 0. The molecule has 0 spiro atoms. The number of hydrogen-bond donors (Lipinski definition) is 1. The second-order valence-electron chi connectivity index (χ2n) is 4.41. The number of amides is 1. The summed E-state index contributed by atoms with van der Waals surface area (Å²) in [4.78, 5) is 13.3. The molecule has 1 aliphatic rings. The first kappa shape index (κ1) is 14.3. The fraction of sp³-hybridized carbons (Fsp3) is 0.909. The van der Waals surface area contributed by atoms with Crippen LogP contribution >= 0.6 is 0 Å². The van der Waals surface area contributed by atoms with Gasteiger partial charge in [0.15, 0.2) is 0 Å². The van der Waals surface area contributed by atoms with Crippen LogP contribution in [0.15, 0.2) is 0 Å². The molecule has 1 saturated heterocycles. The molecule has 1 unspecified atom stereocenters. The van der Waals surface area contributed by atoms with Gasteiger partial charge in [-0.3, -0.25) is 4.79 Å². The number of alkyl halides is 3. The molecule has 0 aliphatic carbocycles. The van der Waals surface area contributed by atoms with Gasteiger partial charge in [-0.25, -0.2) is 0 Å². The van der Waals surface area contributed by atoms with Gasteiger partial charge in [-0.15, -0.1) is 0 Å². The SMILES string of the molecule is CNCC1CCCCN1C(=O)CCC(F)(F)F. The van der Waals surface area contributed by atoms with Gasteiger partial charge in [-0.05, 0) is 26.3 Å². The Morgan fingerprint density at radius 3 is 2.71 bits per heavy atom. The molecule has 1 N–H and O–H groups in total. The predicted molar refractivity (Wildman–Crippen MR) is 58.6 cm³/mol. The van der Waals surface area contributed by atoms with Crippen molar-refractivity contribution in [3.8, 4) is 0 Å². The zero-order valence-electron chi connectivity index (χ0n) is 10.0. The fourth-order valence-electron chi connectivity index (χ4n) is 2.17. The molecule has 3 nitrogen and oxygen atoms in total. The summed E-state index contributed by atoms with van der Waals surface area (Å²) in [5.74, 6) is -0.373. The maximum atomic E-state index is 12.0. The predicted octanol–water partition coefficient (Wildman–Crippen LogP) is 1.93. The number of rotatable bonds is 4. The standard InChI is InChI=1S/C11H19F3N2O/c1-15-8-9-4-2-3-7-16(9)10(17)5-6-11(12,13)14/h9,15H,2-8H2,1H3. The van der Waals surface area contributed by atoms with Crippen molar-refractivity contribution >= 4 is 5.91 Å². The summed E-state index contributed by atoms with van der Waals surface area (Å²) in [6, 6.07) is 0.0504. The zero-order valence-corrected chi connectivity index (χ0v) is 10.0. The second-order valence-corrected chi connectivity index (χ2v) is 4.41. The van der Waals surface area contributed by atoms with E-state index in [2.05, 4.69) is 5.32 Å². The molecule has 1 fully saturated rings. The Bertz CT molecular complexity index is 254. The minimum absolute atomic E-state index is 0.0504. The van der Waals surface area contributed by atoms with Crippen LogP contribution in [0.5, 0.6) is 0 Å². The lowest BCUT2D eigenvalue weighted by atomic mass is 10.0. The van der Waals surface area contributed by atoms with E-state index in [9.17, 15) is 18.0 Å². The molecule has 1 aliphatic heterocycles. The smallest absolute Gasteiger partial charge is 0.338 e. The van der Waals surface area contributed by atoms with Crippen LogP contribution in [-0.2, 0) is 4.79 Å². The number of piperidine rings is 1. The van der Waals surface area contributed by atoms with Gasteiger partial charge in [0, 0.05) is 25.6 Å². The van der Waals surface area contributed by atoms with E-state index >= 15 is 0 Å². The summed E-state index contributed by atoms with van der Waals surface area (Å²) in [5.41, 5.74) is 0. The van der Waals surface area contributed by atoms with E-state index < -0.39 is 19.0 Å². The monoisotopic (exact) mass is 252 g/mol. The number of carbonyl (C=O) groups is 1. The minimum atomic E-state index is -4.25. The summed E-state index contributed by atoms with van der Waals surface area (Å²) < 4.78 is 36.1. The van der Waals surface area contributed by atoms with Crippen molar-refractivity contribution in [2.75, 3.05) is 20.1 Å². The normalized spacial score (nSPS) is 21.6. The first-order chi connectivity index (χ1) is 7.94. The third-order valence-electron chi connectivity index (χ3n) is 3.01. The molecule has 0 aromatic heterocycles. The summed E-state index contributed by atoms with van der Waals surface area (Å²) in [7, 11) is 1.78. The molecule has 0 saturated carbocycles. The molecule has 1 rings (SSSR count). The van der Waals surface area contributed by atoms with Crippen molar-refractivity contribution in [2.24, 2.45) is 0 Å². The molecule has 0 radical (unpaired) electrons. The molecule has 0 aromatic carbocycles. The summed E-state index contributed by atoms with van der Waals surface area (Å²) in [6.07, 6.45) is -2.89. The molecule has 1 atom stereocenters. The van der Waals surface area contributed by atoms with E-state index in [1.165, 1.54) is 0 Å². The van der Waals surface area contributed by atoms with Gasteiger partial charge in [0.1, 0.15) is 0 Å². The first-order valence-electron chi connectivity index (χ1n) is 5.95. The topological polar surface area (TPSA) is 32.3 Å². The number of nitrogens with one attached hydrogen (secondary N) is 1. The highest BCUT2D eigenvalue weighted by Crippen LogP contribution is 2.24. The van der Waals surface area contributed by atoms with E-state index in [4.69, 9.17) is 0 Å². The highest BCUT2D eigenvalue weighted by atomic mass is 19.4. The minimum Gasteiger partial charge on any atom is -0.338 e. The Morgan fingerprint density at radius 1 is 1.41 bits per heavy atom. The van der Waals surface area contributed by atoms with Crippen molar-refractivity contribution in [1.82, 2.24) is 10.2 Å². The van der Waals surface area contributed by atoms with Crippen molar-refractivity contribution in [3.63, 3.8) is 0 Å². The summed E-state index contributed by atoms with van der Waals surface area (Å²) in [5, 5.41) is 2.98. The van der Waals surface area contributed by atoms with Gasteiger partial charge < -0.3 is 10.2 Å². The molecule has 0 bridgehead atoms. The van der Waals surface area contributed by atoms with Gasteiger partial charge in [0.25, 0.3) is 0 Å². The highest BCUT2D eigenvalue weighted by Gasteiger charge is 2.31. The zero-order chi connectivity index (χ0) is 12.9. The van der Waals surface area contributed by atoms with Crippen molar-refractivity contribution in [1.29, 1.82) is 0 Å². The number of likely N-dealkylation sites (tertiary alicyclic amines) is 1. The van der Waals surface area contributed by atoms with E-state index in [0.717, 1.165) is 19.3 Å². The maximum absolute atomic E-state index is 12.0. The third-order valence-corrected chi connectivity index (χ3v) is 3.01. The van der Waals surface area contributed by atoms with E-state index in [0.29, 0.717) is 13.1 Å². The number of carbonyl (C=O) groups excluding carboxylic acids is 1. The Kier molecular flexibility index (Phi) is 5.24. The van der Waals surface area contributed by atoms with Crippen molar-refractivity contribution in [2.45, 2.75) is 44.3 Å². The number of hydrogen-bond acceptors (Lipinski definition) is 2. The average molecular weight is 252 g/mol. The lowest BCUT2D eigenvalue weighted by Gasteiger charge is -2.36. The van der Waals surface area contributed by atoms with Gasteiger partial charge in [-0.1, -0.05) is 0 Å². The van der Waals surface area contributed by atoms with Gasteiger partial charge in [0.2, 0.25) is 5.91 Å². The molecule has 1 amide bonds. The Balaban J connectivity index is 2.47. The van der Waals surface area contributed by atoms with E-state index in [1.54, 1.807) is 11.9 Å². The van der Waals surface area contributed by atoms with Crippen LogP contribution in [-0.4, -0.2) is 43.2 Å². The van der Waals surface area contributed by atoms with Crippen molar-refractivity contribution in [3.05, 3.63) is 0 Å². The molecular weight excluding hydrogens is 233 g/mol. The quantitative estimate of drug-likeness (QED) is 0.829. The van der Waals surface area contributed by atoms with E-state index in [1.807, 2.05) is 0 Å².